The van der Waals surface area contributed by atoms with Gasteiger partial charge >= 0.3 is 0 Å². The molecule has 0 bridgehead atoms. The summed E-state index contributed by atoms with van der Waals surface area (Å²) in [5.41, 5.74) is 0. The lowest BCUT2D eigenvalue weighted by Gasteiger charge is -2.05. The number of rotatable bonds is 6. The first-order chi connectivity index (χ1) is 8.36. The predicted molar refractivity (Wildman–Crippen MR) is 74.6 cm³/mol. The zero-order valence-electron chi connectivity index (χ0n) is 10.2. The molecule has 0 aromatic carbocycles. The average Bonchev–Trinajstić information content (AvgIpc) is 2.97. The van der Waals surface area contributed by atoms with E-state index in [0.29, 0.717) is 0 Å². The van der Waals surface area contributed by atoms with Gasteiger partial charge in [0.1, 0.15) is 0 Å². The molecule has 0 saturated heterocycles. The van der Waals surface area contributed by atoms with E-state index in [1.807, 2.05) is 11.8 Å². The number of aromatic nitrogens is 3. The largest absolute Gasteiger partial charge is 0.302 e. The maximum atomic E-state index is 4.31. The zero-order valence-corrected chi connectivity index (χ0v) is 11.9. The van der Waals surface area contributed by atoms with E-state index in [0.717, 1.165) is 23.3 Å². The van der Waals surface area contributed by atoms with Crippen LogP contribution in [-0.4, -0.2) is 20.5 Å². The van der Waals surface area contributed by atoms with Crippen LogP contribution in [0.1, 0.15) is 26.7 Å². The second-order valence-electron chi connectivity index (χ2n) is 3.73. The smallest absolute Gasteiger partial charge is 0.191 e. The maximum Gasteiger partial charge on any atom is 0.191 e. The van der Waals surface area contributed by atoms with Gasteiger partial charge in [0, 0.05) is 12.3 Å². The molecule has 2 aromatic heterocycles. The Morgan fingerprint density at radius 3 is 2.88 bits per heavy atom. The summed E-state index contributed by atoms with van der Waals surface area (Å²) < 4.78 is 2.20. The van der Waals surface area contributed by atoms with E-state index in [1.54, 1.807) is 11.3 Å². The van der Waals surface area contributed by atoms with E-state index in [1.165, 1.54) is 17.7 Å². The lowest BCUT2D eigenvalue weighted by Crippen LogP contribution is -1.99. The lowest BCUT2D eigenvalue weighted by atomic mass is 10.4. The normalized spacial score (nSPS) is 10.9. The van der Waals surface area contributed by atoms with E-state index in [9.17, 15) is 0 Å². The van der Waals surface area contributed by atoms with Gasteiger partial charge in [-0.15, -0.1) is 21.5 Å². The molecule has 92 valence electrons. The summed E-state index contributed by atoms with van der Waals surface area (Å²) in [5.74, 6) is 2.13. The number of unbranched alkanes of at least 4 members (excludes halogenated alkanes) is 1. The van der Waals surface area contributed by atoms with Crippen molar-refractivity contribution < 1.29 is 0 Å². The van der Waals surface area contributed by atoms with Crippen LogP contribution in [0.2, 0.25) is 0 Å². The molecular weight excluding hydrogens is 250 g/mol. The molecule has 0 saturated carbocycles. The summed E-state index contributed by atoms with van der Waals surface area (Å²) in [6.07, 6.45) is 2.46. The molecule has 17 heavy (non-hydrogen) atoms. The molecule has 0 aliphatic carbocycles. The second kappa shape index (κ2) is 6.21. The number of nitrogens with zero attached hydrogens (tertiary/aromatic N) is 3. The molecule has 0 amide bonds. The zero-order chi connectivity index (χ0) is 12.1. The molecule has 0 unspecified atom stereocenters. The van der Waals surface area contributed by atoms with Crippen molar-refractivity contribution >= 4 is 23.1 Å². The summed E-state index contributed by atoms with van der Waals surface area (Å²) in [5, 5.41) is 11.7. The van der Waals surface area contributed by atoms with Crippen molar-refractivity contribution in [1.82, 2.24) is 14.8 Å². The molecule has 0 fully saturated rings. The first kappa shape index (κ1) is 12.6. The third-order valence-corrected chi connectivity index (χ3v) is 4.42. The third kappa shape index (κ3) is 2.90. The molecule has 0 aliphatic rings. The number of hydrogen-bond acceptors (Lipinski definition) is 4. The van der Waals surface area contributed by atoms with Gasteiger partial charge in [0.25, 0.3) is 0 Å². The summed E-state index contributed by atoms with van der Waals surface area (Å²) in [4.78, 5) is 1.20. The highest BCUT2D eigenvalue weighted by Crippen LogP contribution is 2.27. The van der Waals surface area contributed by atoms with Gasteiger partial charge in [-0.25, -0.2) is 0 Å². The third-order valence-electron chi connectivity index (χ3n) is 2.50. The number of hydrogen-bond donors (Lipinski definition) is 0. The van der Waals surface area contributed by atoms with Gasteiger partial charge in [-0.3, -0.25) is 0 Å². The van der Waals surface area contributed by atoms with Crippen LogP contribution in [0.25, 0.3) is 10.7 Å². The van der Waals surface area contributed by atoms with E-state index < -0.39 is 0 Å². The number of thiophene rings is 1. The van der Waals surface area contributed by atoms with Crippen molar-refractivity contribution in [1.29, 1.82) is 0 Å². The fourth-order valence-corrected chi connectivity index (χ4v) is 3.38. The van der Waals surface area contributed by atoms with Gasteiger partial charge < -0.3 is 4.57 Å². The van der Waals surface area contributed by atoms with Gasteiger partial charge in [-0.2, -0.15) is 0 Å². The Balaban J connectivity index is 2.18. The van der Waals surface area contributed by atoms with Gasteiger partial charge in [-0.1, -0.05) is 31.2 Å². The Hall–Kier alpha value is -0.810. The van der Waals surface area contributed by atoms with Crippen LogP contribution >= 0.6 is 23.1 Å². The molecule has 0 radical (unpaired) electrons. The van der Waals surface area contributed by atoms with Crippen molar-refractivity contribution in [3.8, 4) is 10.7 Å². The summed E-state index contributed by atoms with van der Waals surface area (Å²) >= 11 is 3.52. The maximum absolute atomic E-state index is 4.31. The van der Waals surface area contributed by atoms with Crippen LogP contribution in [0.15, 0.2) is 22.7 Å². The highest BCUT2D eigenvalue weighted by Gasteiger charge is 2.13. The highest BCUT2D eigenvalue weighted by molar-refractivity contribution is 7.99. The highest BCUT2D eigenvalue weighted by atomic mass is 32.2. The second-order valence-corrected chi connectivity index (χ2v) is 5.74. The van der Waals surface area contributed by atoms with E-state index in [-0.39, 0.29) is 0 Å². The molecule has 2 rings (SSSR count). The van der Waals surface area contributed by atoms with Crippen molar-refractivity contribution in [3.05, 3.63) is 17.5 Å². The van der Waals surface area contributed by atoms with E-state index in [4.69, 9.17) is 0 Å². The first-order valence-corrected chi connectivity index (χ1v) is 7.83. The topological polar surface area (TPSA) is 30.7 Å². The minimum Gasteiger partial charge on any atom is -0.302 e. The van der Waals surface area contributed by atoms with Crippen LogP contribution < -0.4 is 0 Å². The fraction of sp³-hybridized carbons (Fsp3) is 0.500. The molecule has 0 atom stereocenters. The van der Waals surface area contributed by atoms with Crippen LogP contribution in [0, 0.1) is 0 Å². The summed E-state index contributed by atoms with van der Waals surface area (Å²) in [6, 6.07) is 4.15. The van der Waals surface area contributed by atoms with E-state index >= 15 is 0 Å². The minimum absolute atomic E-state index is 0.925. The SMILES string of the molecule is CCCCSc1nnc(-c2cccs2)n1CC. The van der Waals surface area contributed by atoms with E-state index in [2.05, 4.69) is 46.1 Å². The van der Waals surface area contributed by atoms with Crippen LogP contribution in [0.5, 0.6) is 0 Å². The molecular formula is C12H17N3S2. The lowest BCUT2D eigenvalue weighted by molar-refractivity contribution is 0.687. The molecule has 0 spiro atoms. The van der Waals surface area contributed by atoms with Crippen molar-refractivity contribution in [2.24, 2.45) is 0 Å². The molecule has 3 nitrogen and oxygen atoms in total. The van der Waals surface area contributed by atoms with Gasteiger partial charge in [0.2, 0.25) is 0 Å². The summed E-state index contributed by atoms with van der Waals surface area (Å²) in [7, 11) is 0. The Morgan fingerprint density at radius 2 is 2.24 bits per heavy atom. The average molecular weight is 267 g/mol. The summed E-state index contributed by atoms with van der Waals surface area (Å²) in [6.45, 7) is 5.28. The monoisotopic (exact) mass is 267 g/mol. The van der Waals surface area contributed by atoms with Crippen LogP contribution in [0.3, 0.4) is 0 Å². The van der Waals surface area contributed by atoms with Gasteiger partial charge in [0.05, 0.1) is 4.88 Å². The molecule has 0 N–H and O–H groups in total. The number of thioether (sulfide) groups is 1. The van der Waals surface area contributed by atoms with Crippen molar-refractivity contribution in [2.75, 3.05) is 5.75 Å². The first-order valence-electron chi connectivity index (χ1n) is 5.96. The van der Waals surface area contributed by atoms with Crippen molar-refractivity contribution in [2.45, 2.75) is 38.4 Å². The standard InChI is InChI=1S/C12H17N3S2/c1-3-5-8-17-12-14-13-11(15(12)4-2)10-7-6-9-16-10/h6-7,9H,3-5,8H2,1-2H3. The minimum atomic E-state index is 0.925. The molecule has 2 heterocycles. The van der Waals surface area contributed by atoms with Gasteiger partial charge in [-0.05, 0) is 24.8 Å². The molecule has 0 aliphatic heterocycles. The quantitative estimate of drug-likeness (QED) is 0.587. The molecule has 5 heteroatoms. The van der Waals surface area contributed by atoms with Crippen LogP contribution in [0.4, 0.5) is 0 Å². The molecule has 2 aromatic rings. The predicted octanol–water partition coefficient (Wildman–Crippen LogP) is 3.92. The Bertz CT molecular complexity index is 448. The fourth-order valence-electron chi connectivity index (χ4n) is 1.58. The Labute approximate surface area is 110 Å². The van der Waals surface area contributed by atoms with Crippen LogP contribution in [-0.2, 0) is 6.54 Å². The Kier molecular flexibility index (Phi) is 4.62. The van der Waals surface area contributed by atoms with Gasteiger partial charge in [0.15, 0.2) is 11.0 Å². The Morgan fingerprint density at radius 1 is 1.35 bits per heavy atom. The van der Waals surface area contributed by atoms with Crippen molar-refractivity contribution in [3.63, 3.8) is 0 Å².